The van der Waals surface area contributed by atoms with Crippen LogP contribution in [0.25, 0.3) is 5.69 Å². The first kappa shape index (κ1) is 15.7. The fraction of sp³-hybridized carbons (Fsp3) is 0.125. The molecule has 1 heterocycles. The lowest BCUT2D eigenvalue weighted by Crippen LogP contribution is -2.00. The highest BCUT2D eigenvalue weighted by atomic mass is 19.2. The van der Waals surface area contributed by atoms with E-state index in [9.17, 15) is 8.78 Å². The molecule has 0 aliphatic carbocycles. The van der Waals surface area contributed by atoms with Gasteiger partial charge >= 0.3 is 0 Å². The van der Waals surface area contributed by atoms with Gasteiger partial charge in [0.2, 0.25) is 5.95 Å². The number of aromatic nitrogens is 3. The average Bonchev–Trinajstić information content (AvgIpc) is 3.05. The zero-order valence-corrected chi connectivity index (χ0v) is 13.0. The number of hydrogen-bond donors (Lipinski definition) is 1. The maximum Gasteiger partial charge on any atom is 0.247 e. The predicted molar refractivity (Wildman–Crippen MR) is 84.1 cm³/mol. The summed E-state index contributed by atoms with van der Waals surface area (Å²) < 4.78 is 38.2. The van der Waals surface area contributed by atoms with E-state index < -0.39 is 11.6 Å². The molecule has 6 nitrogen and oxygen atoms in total. The second-order valence-corrected chi connectivity index (χ2v) is 4.78. The maximum absolute atomic E-state index is 13.3. The first-order valence-corrected chi connectivity index (χ1v) is 6.97. The Morgan fingerprint density at radius 2 is 1.88 bits per heavy atom. The summed E-state index contributed by atoms with van der Waals surface area (Å²) in [5.41, 5.74) is 0.965. The molecule has 0 saturated carbocycles. The summed E-state index contributed by atoms with van der Waals surface area (Å²) in [4.78, 5) is 4.10. The van der Waals surface area contributed by atoms with Crippen LogP contribution in [-0.2, 0) is 0 Å². The summed E-state index contributed by atoms with van der Waals surface area (Å²) in [6.07, 6.45) is 1.39. The molecule has 0 spiro atoms. The second kappa shape index (κ2) is 6.53. The largest absolute Gasteiger partial charge is 0.493 e. The van der Waals surface area contributed by atoms with E-state index in [1.54, 1.807) is 18.2 Å². The standard InChI is InChI=1S/C16H14F2N4O2/c1-23-14-5-3-4-13(15(14)24-2)20-16-19-9-22(21-16)10-6-7-11(17)12(18)8-10/h3-9H,1-2H3,(H,20,21). The van der Waals surface area contributed by atoms with Crippen molar-refractivity contribution in [3.8, 4) is 17.2 Å². The topological polar surface area (TPSA) is 61.2 Å². The molecule has 0 aliphatic heterocycles. The molecule has 1 aromatic heterocycles. The van der Waals surface area contributed by atoms with E-state index in [4.69, 9.17) is 9.47 Å². The van der Waals surface area contributed by atoms with Crippen LogP contribution in [0.4, 0.5) is 20.4 Å². The van der Waals surface area contributed by atoms with Gasteiger partial charge in [0.25, 0.3) is 0 Å². The summed E-state index contributed by atoms with van der Waals surface area (Å²) in [7, 11) is 3.06. The number of hydrogen-bond acceptors (Lipinski definition) is 5. The number of halogens is 2. The van der Waals surface area contributed by atoms with Crippen molar-refractivity contribution in [3.05, 3.63) is 54.4 Å². The Balaban J connectivity index is 1.88. The predicted octanol–water partition coefficient (Wildman–Crippen LogP) is 3.31. The third-order valence-electron chi connectivity index (χ3n) is 3.31. The number of nitrogens with zero attached hydrogens (tertiary/aromatic N) is 3. The van der Waals surface area contributed by atoms with Gasteiger partial charge in [0.15, 0.2) is 23.1 Å². The number of anilines is 2. The van der Waals surface area contributed by atoms with E-state index in [2.05, 4.69) is 15.4 Å². The molecule has 3 aromatic rings. The van der Waals surface area contributed by atoms with Crippen molar-refractivity contribution >= 4 is 11.6 Å². The molecule has 0 radical (unpaired) electrons. The Hall–Kier alpha value is -3.16. The van der Waals surface area contributed by atoms with Gasteiger partial charge in [0.1, 0.15) is 6.33 Å². The molecule has 0 aliphatic rings. The van der Waals surface area contributed by atoms with Crippen molar-refractivity contribution in [1.82, 2.24) is 14.8 Å². The van der Waals surface area contributed by atoms with Crippen LogP contribution in [0.2, 0.25) is 0 Å². The fourth-order valence-electron chi connectivity index (χ4n) is 2.18. The lowest BCUT2D eigenvalue weighted by molar-refractivity contribution is 0.356. The van der Waals surface area contributed by atoms with Crippen LogP contribution in [0, 0.1) is 11.6 Å². The highest BCUT2D eigenvalue weighted by Crippen LogP contribution is 2.35. The van der Waals surface area contributed by atoms with Crippen molar-refractivity contribution in [1.29, 1.82) is 0 Å². The van der Waals surface area contributed by atoms with Gasteiger partial charge in [-0.25, -0.2) is 13.5 Å². The first-order chi connectivity index (χ1) is 11.6. The van der Waals surface area contributed by atoms with Crippen LogP contribution in [0.1, 0.15) is 0 Å². The molecule has 24 heavy (non-hydrogen) atoms. The zero-order chi connectivity index (χ0) is 17.1. The summed E-state index contributed by atoms with van der Waals surface area (Å²) in [6.45, 7) is 0. The van der Waals surface area contributed by atoms with Crippen molar-refractivity contribution in [2.24, 2.45) is 0 Å². The molecule has 8 heteroatoms. The van der Waals surface area contributed by atoms with Gasteiger partial charge in [-0.1, -0.05) is 6.07 Å². The van der Waals surface area contributed by atoms with Crippen LogP contribution in [0.3, 0.4) is 0 Å². The van der Waals surface area contributed by atoms with Crippen molar-refractivity contribution < 1.29 is 18.3 Å². The van der Waals surface area contributed by atoms with E-state index in [1.807, 2.05) is 0 Å². The minimum absolute atomic E-state index is 0.270. The maximum atomic E-state index is 13.3. The molecular formula is C16H14F2N4O2. The number of rotatable bonds is 5. The molecular weight excluding hydrogens is 318 g/mol. The van der Waals surface area contributed by atoms with Crippen molar-refractivity contribution in [2.45, 2.75) is 0 Å². The monoisotopic (exact) mass is 332 g/mol. The molecule has 124 valence electrons. The fourth-order valence-corrected chi connectivity index (χ4v) is 2.18. The van der Waals surface area contributed by atoms with E-state index in [0.29, 0.717) is 22.9 Å². The lowest BCUT2D eigenvalue weighted by Gasteiger charge is -2.12. The Morgan fingerprint density at radius 3 is 2.58 bits per heavy atom. The van der Waals surface area contributed by atoms with E-state index in [0.717, 1.165) is 12.1 Å². The number of methoxy groups -OCH3 is 2. The van der Waals surface area contributed by atoms with Gasteiger partial charge in [-0.3, -0.25) is 0 Å². The van der Waals surface area contributed by atoms with Crippen LogP contribution in [0.5, 0.6) is 11.5 Å². The normalized spacial score (nSPS) is 10.5. The Morgan fingerprint density at radius 1 is 1.04 bits per heavy atom. The van der Waals surface area contributed by atoms with Crippen LogP contribution < -0.4 is 14.8 Å². The average molecular weight is 332 g/mol. The molecule has 2 aromatic carbocycles. The minimum atomic E-state index is -0.952. The smallest absolute Gasteiger partial charge is 0.247 e. The molecule has 0 fully saturated rings. The summed E-state index contributed by atoms with van der Waals surface area (Å²) >= 11 is 0. The van der Waals surface area contributed by atoms with Gasteiger partial charge in [-0.15, -0.1) is 5.10 Å². The number of nitrogens with one attached hydrogen (secondary N) is 1. The molecule has 0 bridgehead atoms. The second-order valence-electron chi connectivity index (χ2n) is 4.78. The third-order valence-corrected chi connectivity index (χ3v) is 3.31. The van der Waals surface area contributed by atoms with Crippen molar-refractivity contribution in [2.75, 3.05) is 19.5 Å². The molecule has 0 amide bonds. The van der Waals surface area contributed by atoms with Gasteiger partial charge in [-0.05, 0) is 24.3 Å². The van der Waals surface area contributed by atoms with Gasteiger partial charge in [0, 0.05) is 6.07 Å². The summed E-state index contributed by atoms with van der Waals surface area (Å²) in [6, 6.07) is 8.81. The molecule has 3 rings (SSSR count). The Labute approximate surface area is 136 Å². The van der Waals surface area contributed by atoms with E-state index in [-0.39, 0.29) is 5.95 Å². The lowest BCUT2D eigenvalue weighted by atomic mass is 10.2. The van der Waals surface area contributed by atoms with Gasteiger partial charge < -0.3 is 14.8 Å². The van der Waals surface area contributed by atoms with Gasteiger partial charge in [0.05, 0.1) is 25.6 Å². The van der Waals surface area contributed by atoms with Crippen molar-refractivity contribution in [3.63, 3.8) is 0 Å². The molecule has 1 N–H and O–H groups in total. The number of para-hydroxylation sites is 1. The number of ether oxygens (including phenoxy) is 2. The minimum Gasteiger partial charge on any atom is -0.493 e. The Kier molecular flexibility index (Phi) is 4.28. The summed E-state index contributed by atoms with van der Waals surface area (Å²) in [5, 5.41) is 7.18. The molecule has 0 atom stereocenters. The highest BCUT2D eigenvalue weighted by Gasteiger charge is 2.12. The molecule has 0 saturated heterocycles. The zero-order valence-electron chi connectivity index (χ0n) is 13.0. The van der Waals surface area contributed by atoms with Gasteiger partial charge in [-0.2, -0.15) is 4.98 Å². The van der Waals surface area contributed by atoms with Crippen LogP contribution in [-0.4, -0.2) is 29.0 Å². The third kappa shape index (κ3) is 2.98. The SMILES string of the molecule is COc1cccc(Nc2ncn(-c3ccc(F)c(F)c3)n2)c1OC. The number of benzene rings is 2. The highest BCUT2D eigenvalue weighted by molar-refractivity contribution is 5.67. The van der Waals surface area contributed by atoms with Crippen LogP contribution in [0.15, 0.2) is 42.7 Å². The molecule has 0 unspecified atom stereocenters. The van der Waals surface area contributed by atoms with E-state index >= 15 is 0 Å². The van der Waals surface area contributed by atoms with E-state index in [1.165, 1.54) is 31.3 Å². The summed E-state index contributed by atoms with van der Waals surface area (Å²) in [5.74, 6) is -0.539. The quantitative estimate of drug-likeness (QED) is 0.777. The Bertz CT molecular complexity index is 867. The first-order valence-electron chi connectivity index (χ1n) is 6.97. The van der Waals surface area contributed by atoms with Crippen LogP contribution >= 0.6 is 0 Å².